The van der Waals surface area contributed by atoms with E-state index in [1.807, 2.05) is 19.1 Å². The first kappa shape index (κ1) is 31.8. The van der Waals surface area contributed by atoms with E-state index in [2.05, 4.69) is 168 Å². The van der Waals surface area contributed by atoms with Gasteiger partial charge in [0.05, 0.1) is 16.7 Å². The normalized spacial score (nSPS) is 12.2. The molecule has 0 radical (unpaired) electrons. The molecule has 5 heteroatoms. The van der Waals surface area contributed by atoms with Crippen LogP contribution in [0, 0.1) is 0 Å². The highest BCUT2D eigenvalue weighted by molar-refractivity contribution is 6.22. The molecule has 53 heavy (non-hydrogen) atoms. The first-order valence-electron chi connectivity index (χ1n) is 17.7. The summed E-state index contributed by atoms with van der Waals surface area (Å²) in [6, 6.07) is 58.9. The lowest BCUT2D eigenvalue weighted by atomic mass is 10.0. The molecule has 2 N–H and O–H groups in total. The van der Waals surface area contributed by atoms with Gasteiger partial charge in [0.2, 0.25) is 0 Å². The van der Waals surface area contributed by atoms with Crippen molar-refractivity contribution in [1.29, 1.82) is 0 Å². The van der Waals surface area contributed by atoms with E-state index in [-0.39, 0.29) is 0 Å². The van der Waals surface area contributed by atoms with Crippen molar-refractivity contribution in [3.63, 3.8) is 0 Å². The molecule has 0 aliphatic heterocycles. The molecule has 0 bridgehead atoms. The lowest BCUT2D eigenvalue weighted by Gasteiger charge is -2.12. The number of aromatic nitrogens is 4. The van der Waals surface area contributed by atoms with Gasteiger partial charge >= 0.3 is 0 Å². The number of nitrogens with zero attached hydrogens (tertiary/aromatic N) is 4. The first-order chi connectivity index (χ1) is 26.1. The average molecular weight is 682 g/mol. The highest BCUT2D eigenvalue weighted by atomic mass is 15.0. The zero-order valence-electron chi connectivity index (χ0n) is 29.2. The number of rotatable bonds is 7. The van der Waals surface area contributed by atoms with Crippen LogP contribution in [-0.2, 0) is 0 Å². The summed E-state index contributed by atoms with van der Waals surface area (Å²) in [6.07, 6.45) is 3.74. The molecule has 0 saturated carbocycles. The van der Waals surface area contributed by atoms with Crippen molar-refractivity contribution < 1.29 is 0 Å². The number of benzene rings is 7. The third-order valence-corrected chi connectivity index (χ3v) is 9.84. The molecule has 9 aromatic rings. The van der Waals surface area contributed by atoms with Crippen LogP contribution in [0.5, 0.6) is 0 Å². The van der Waals surface area contributed by atoms with E-state index in [0.717, 1.165) is 55.7 Å². The maximum atomic E-state index is 6.47. The molecule has 5 nitrogen and oxygen atoms in total. The zero-order chi connectivity index (χ0) is 35.7. The molecule has 0 amide bonds. The van der Waals surface area contributed by atoms with Gasteiger partial charge in [0, 0.05) is 28.1 Å². The summed E-state index contributed by atoms with van der Waals surface area (Å²) in [5.74, 6) is 1.78. The van der Waals surface area contributed by atoms with Crippen molar-refractivity contribution in [2.75, 3.05) is 0 Å². The Morgan fingerprint density at radius 3 is 1.55 bits per heavy atom. The second-order valence-electron chi connectivity index (χ2n) is 13.1. The second kappa shape index (κ2) is 13.5. The Hall–Kier alpha value is -7.11. The Morgan fingerprint density at radius 2 is 0.962 bits per heavy atom. The maximum absolute atomic E-state index is 6.47. The SMILES string of the molecule is C/C(=C\C(=C/N)n1c2ccccc2c2c3ccccc3ccc21)c1nc(-c2ccc(-c3ccccc3)cc2)nc(-c2ccc(-c3ccccc3)cc2)n1. The van der Waals surface area contributed by atoms with E-state index < -0.39 is 0 Å². The summed E-state index contributed by atoms with van der Waals surface area (Å²) in [5, 5.41) is 4.78. The standard InChI is InChI=1S/C48H35N5/c1-32(30-40(31-49)53-43-19-11-10-18-42(43)45-41-17-9-8-16-37(41)28-29-44(45)53)46-50-47(38-24-20-35(21-25-38)33-12-4-2-5-13-33)52-48(51-46)39-26-22-36(23-27-39)34-14-6-3-7-15-34/h2-31H,49H2,1H3/b32-30+,40-31+. The van der Waals surface area contributed by atoms with Crippen molar-refractivity contribution in [1.82, 2.24) is 19.5 Å². The van der Waals surface area contributed by atoms with Crippen LogP contribution < -0.4 is 5.73 Å². The van der Waals surface area contributed by atoms with Crippen LogP contribution in [0.4, 0.5) is 0 Å². The molecule has 0 fully saturated rings. The fraction of sp³-hybridized carbons (Fsp3) is 0.0208. The summed E-state index contributed by atoms with van der Waals surface area (Å²) in [7, 11) is 0. The Morgan fingerprint density at radius 1 is 0.472 bits per heavy atom. The smallest absolute Gasteiger partial charge is 0.164 e. The number of allylic oxidation sites excluding steroid dienone is 3. The van der Waals surface area contributed by atoms with Gasteiger partial charge in [-0.2, -0.15) is 0 Å². The molecule has 252 valence electrons. The van der Waals surface area contributed by atoms with Crippen LogP contribution in [0.25, 0.3) is 88.9 Å². The predicted octanol–water partition coefficient (Wildman–Crippen LogP) is 11.7. The number of hydrogen-bond donors (Lipinski definition) is 1. The molecule has 0 aliphatic rings. The van der Waals surface area contributed by atoms with E-state index in [9.17, 15) is 0 Å². The number of para-hydroxylation sites is 1. The quantitative estimate of drug-likeness (QED) is 0.170. The number of fused-ring (bicyclic) bond motifs is 5. The summed E-state index contributed by atoms with van der Waals surface area (Å²) in [6.45, 7) is 2.03. The third kappa shape index (κ3) is 5.94. The van der Waals surface area contributed by atoms with Gasteiger partial charge in [0.25, 0.3) is 0 Å². The monoisotopic (exact) mass is 681 g/mol. The van der Waals surface area contributed by atoms with Gasteiger partial charge in [0.15, 0.2) is 17.5 Å². The van der Waals surface area contributed by atoms with Crippen LogP contribution in [-0.4, -0.2) is 19.5 Å². The topological polar surface area (TPSA) is 69.6 Å². The second-order valence-corrected chi connectivity index (χ2v) is 13.1. The lowest BCUT2D eigenvalue weighted by Crippen LogP contribution is -2.03. The van der Waals surface area contributed by atoms with Crippen LogP contribution in [0.1, 0.15) is 12.7 Å². The fourth-order valence-corrected chi connectivity index (χ4v) is 7.19. The molecule has 0 saturated heterocycles. The van der Waals surface area contributed by atoms with Crippen molar-refractivity contribution in [2.45, 2.75) is 6.92 Å². The van der Waals surface area contributed by atoms with Gasteiger partial charge < -0.3 is 10.3 Å². The summed E-state index contributed by atoms with van der Waals surface area (Å²) >= 11 is 0. The Labute approximate surface area is 308 Å². The minimum atomic E-state index is 0.579. The van der Waals surface area contributed by atoms with E-state index in [0.29, 0.717) is 17.5 Å². The van der Waals surface area contributed by atoms with Gasteiger partial charge in [-0.3, -0.25) is 0 Å². The number of nitrogens with two attached hydrogens (primary N) is 1. The van der Waals surface area contributed by atoms with Crippen LogP contribution in [0.2, 0.25) is 0 Å². The van der Waals surface area contributed by atoms with E-state index in [1.165, 1.54) is 21.5 Å². The van der Waals surface area contributed by atoms with Crippen molar-refractivity contribution in [3.05, 3.63) is 188 Å². The first-order valence-corrected chi connectivity index (χ1v) is 17.7. The molecule has 0 aliphatic carbocycles. The summed E-state index contributed by atoms with van der Waals surface area (Å²) in [4.78, 5) is 15.2. The van der Waals surface area contributed by atoms with Crippen LogP contribution in [0.15, 0.2) is 182 Å². The van der Waals surface area contributed by atoms with Gasteiger partial charge in [-0.15, -0.1) is 0 Å². The van der Waals surface area contributed by atoms with Gasteiger partial charge in [-0.05, 0) is 63.7 Å². The van der Waals surface area contributed by atoms with Gasteiger partial charge in [-0.1, -0.05) is 158 Å². The molecule has 0 atom stereocenters. The molecule has 9 rings (SSSR count). The highest BCUT2D eigenvalue weighted by Crippen LogP contribution is 2.37. The van der Waals surface area contributed by atoms with Gasteiger partial charge in [0.1, 0.15) is 0 Å². The largest absolute Gasteiger partial charge is 0.403 e. The van der Waals surface area contributed by atoms with Crippen molar-refractivity contribution in [2.24, 2.45) is 5.73 Å². The molecule has 2 aromatic heterocycles. The average Bonchev–Trinajstić information content (AvgIpc) is 3.58. The van der Waals surface area contributed by atoms with Crippen molar-refractivity contribution >= 4 is 43.8 Å². The number of hydrogen-bond acceptors (Lipinski definition) is 4. The van der Waals surface area contributed by atoms with E-state index in [4.69, 9.17) is 20.7 Å². The van der Waals surface area contributed by atoms with Gasteiger partial charge in [-0.25, -0.2) is 15.0 Å². The predicted molar refractivity (Wildman–Crippen MR) is 221 cm³/mol. The molecule has 0 unspecified atom stereocenters. The molecule has 7 aromatic carbocycles. The minimum absolute atomic E-state index is 0.579. The molecule has 0 spiro atoms. The fourth-order valence-electron chi connectivity index (χ4n) is 7.19. The highest BCUT2D eigenvalue weighted by Gasteiger charge is 2.17. The minimum Gasteiger partial charge on any atom is -0.403 e. The molecular weight excluding hydrogens is 647 g/mol. The van der Waals surface area contributed by atoms with E-state index >= 15 is 0 Å². The summed E-state index contributed by atoms with van der Waals surface area (Å²) < 4.78 is 2.23. The lowest BCUT2D eigenvalue weighted by molar-refractivity contribution is 1.03. The zero-order valence-corrected chi connectivity index (χ0v) is 29.2. The van der Waals surface area contributed by atoms with Crippen molar-refractivity contribution in [3.8, 4) is 45.0 Å². The summed E-state index contributed by atoms with van der Waals surface area (Å²) in [5.41, 5.74) is 16.7. The molecular formula is C48H35N5. The van der Waals surface area contributed by atoms with E-state index in [1.54, 1.807) is 6.20 Å². The third-order valence-electron chi connectivity index (χ3n) is 9.84. The maximum Gasteiger partial charge on any atom is 0.164 e. The Balaban J connectivity index is 1.17. The Kier molecular flexibility index (Phi) is 8.14. The van der Waals surface area contributed by atoms with Crippen LogP contribution >= 0.6 is 0 Å². The molecule has 2 heterocycles. The Bertz CT molecular complexity index is 2710. The van der Waals surface area contributed by atoms with Crippen LogP contribution in [0.3, 0.4) is 0 Å².